The molecule has 0 unspecified atom stereocenters. The average Bonchev–Trinajstić information content (AvgIpc) is 2.96. The first-order valence-electron chi connectivity index (χ1n) is 8.84. The van der Waals surface area contributed by atoms with E-state index in [2.05, 4.69) is 9.88 Å². The van der Waals surface area contributed by atoms with Gasteiger partial charge >= 0.3 is 0 Å². The molecular formula is C23H20ClN3O. The van der Waals surface area contributed by atoms with E-state index in [0.29, 0.717) is 10.7 Å². The van der Waals surface area contributed by atoms with Crippen LogP contribution in [0.4, 0.5) is 5.69 Å². The largest absolute Gasteiger partial charge is 0.321 e. The lowest BCUT2D eigenvalue weighted by Crippen LogP contribution is -2.13. The molecule has 0 saturated heterocycles. The minimum atomic E-state index is -0.466. The van der Waals surface area contributed by atoms with Gasteiger partial charge in [-0.05, 0) is 68.3 Å². The molecule has 0 aliphatic heterocycles. The van der Waals surface area contributed by atoms with Crippen molar-refractivity contribution in [3.8, 4) is 11.8 Å². The Morgan fingerprint density at radius 2 is 1.82 bits per heavy atom. The summed E-state index contributed by atoms with van der Waals surface area (Å²) >= 11 is 6.11. The van der Waals surface area contributed by atoms with Crippen LogP contribution in [-0.2, 0) is 4.79 Å². The van der Waals surface area contributed by atoms with E-state index in [1.807, 2.05) is 69.3 Å². The summed E-state index contributed by atoms with van der Waals surface area (Å²) in [6, 6.07) is 19.2. The van der Waals surface area contributed by atoms with Crippen LogP contribution in [0.1, 0.15) is 22.5 Å². The third-order valence-corrected chi connectivity index (χ3v) is 4.99. The van der Waals surface area contributed by atoms with E-state index in [1.165, 1.54) is 0 Å². The molecule has 1 N–H and O–H groups in total. The van der Waals surface area contributed by atoms with Gasteiger partial charge in [0.05, 0.1) is 0 Å². The summed E-state index contributed by atoms with van der Waals surface area (Å²) in [6.45, 7) is 5.85. The number of benzene rings is 2. The van der Waals surface area contributed by atoms with Gasteiger partial charge in [0.2, 0.25) is 0 Å². The highest BCUT2D eigenvalue weighted by molar-refractivity contribution is 6.31. The van der Waals surface area contributed by atoms with E-state index in [4.69, 9.17) is 11.6 Å². The molecule has 4 nitrogen and oxygen atoms in total. The van der Waals surface area contributed by atoms with E-state index in [-0.39, 0.29) is 5.57 Å². The van der Waals surface area contributed by atoms with Crippen LogP contribution in [0.3, 0.4) is 0 Å². The number of nitrogens with one attached hydrogen (secondary N) is 1. The van der Waals surface area contributed by atoms with Gasteiger partial charge < -0.3 is 9.88 Å². The molecule has 0 fully saturated rings. The molecule has 3 rings (SSSR count). The standard InChI is InChI=1S/C23H20ClN3O/c1-15-9-10-20(13-22(15)24)26-23(28)19(14-25)12-18-11-16(2)27(17(18)3)21-7-5-4-6-8-21/h4-13H,1-3H3,(H,26,28)/b19-12+. The fourth-order valence-corrected chi connectivity index (χ4v) is 3.26. The number of hydrogen-bond acceptors (Lipinski definition) is 2. The van der Waals surface area contributed by atoms with Crippen LogP contribution in [0.2, 0.25) is 5.02 Å². The molecule has 28 heavy (non-hydrogen) atoms. The highest BCUT2D eigenvalue weighted by Crippen LogP contribution is 2.24. The van der Waals surface area contributed by atoms with Gasteiger partial charge in [0.15, 0.2) is 0 Å². The van der Waals surface area contributed by atoms with Crippen molar-refractivity contribution in [2.75, 3.05) is 5.32 Å². The van der Waals surface area contributed by atoms with E-state index in [0.717, 1.165) is 28.2 Å². The number of nitrogens with zero attached hydrogens (tertiary/aromatic N) is 2. The number of anilines is 1. The molecule has 0 spiro atoms. The second-order valence-corrected chi connectivity index (χ2v) is 6.99. The Morgan fingerprint density at radius 3 is 2.46 bits per heavy atom. The molecule has 2 aromatic carbocycles. The number of amides is 1. The summed E-state index contributed by atoms with van der Waals surface area (Å²) in [7, 11) is 0. The van der Waals surface area contributed by atoms with Crippen LogP contribution >= 0.6 is 11.6 Å². The van der Waals surface area contributed by atoms with Crippen LogP contribution in [0.25, 0.3) is 11.8 Å². The molecule has 0 bridgehead atoms. The third-order valence-electron chi connectivity index (χ3n) is 4.58. The summed E-state index contributed by atoms with van der Waals surface area (Å²) < 4.78 is 2.10. The number of carbonyl (C=O) groups excluding carboxylic acids is 1. The Bertz CT molecular complexity index is 1100. The van der Waals surface area contributed by atoms with E-state index in [9.17, 15) is 10.1 Å². The van der Waals surface area contributed by atoms with Gasteiger partial charge in [0.1, 0.15) is 11.6 Å². The van der Waals surface area contributed by atoms with Crippen molar-refractivity contribution in [1.82, 2.24) is 4.57 Å². The van der Waals surface area contributed by atoms with Crippen molar-refractivity contribution >= 4 is 29.3 Å². The second-order valence-electron chi connectivity index (χ2n) is 6.59. The van der Waals surface area contributed by atoms with Gasteiger partial charge in [-0.25, -0.2) is 0 Å². The van der Waals surface area contributed by atoms with Crippen molar-refractivity contribution in [3.63, 3.8) is 0 Å². The first kappa shape index (κ1) is 19.5. The Morgan fingerprint density at radius 1 is 1.11 bits per heavy atom. The SMILES string of the molecule is Cc1ccc(NC(=O)/C(C#N)=C/c2cc(C)n(-c3ccccc3)c2C)cc1Cl. The predicted octanol–water partition coefficient (Wildman–Crippen LogP) is 5.60. The predicted molar refractivity (Wildman–Crippen MR) is 114 cm³/mol. The molecule has 1 amide bonds. The van der Waals surface area contributed by atoms with Crippen molar-refractivity contribution in [2.45, 2.75) is 20.8 Å². The molecule has 0 atom stereocenters. The van der Waals surface area contributed by atoms with Crippen LogP contribution < -0.4 is 5.32 Å². The van der Waals surface area contributed by atoms with Crippen LogP contribution in [-0.4, -0.2) is 10.5 Å². The van der Waals surface area contributed by atoms with Crippen molar-refractivity contribution < 1.29 is 4.79 Å². The fraction of sp³-hybridized carbons (Fsp3) is 0.130. The van der Waals surface area contributed by atoms with Crippen molar-refractivity contribution in [1.29, 1.82) is 5.26 Å². The molecule has 0 saturated carbocycles. The topological polar surface area (TPSA) is 57.8 Å². The molecule has 140 valence electrons. The monoisotopic (exact) mass is 389 g/mol. The zero-order valence-corrected chi connectivity index (χ0v) is 16.7. The molecule has 0 aliphatic rings. The molecule has 1 aromatic heterocycles. The van der Waals surface area contributed by atoms with E-state index in [1.54, 1.807) is 18.2 Å². The van der Waals surface area contributed by atoms with Crippen molar-refractivity contribution in [2.24, 2.45) is 0 Å². The number of nitriles is 1. The maximum absolute atomic E-state index is 12.6. The quantitative estimate of drug-likeness (QED) is 0.466. The number of aryl methyl sites for hydroxylation is 2. The fourth-order valence-electron chi connectivity index (χ4n) is 3.08. The molecule has 1 heterocycles. The van der Waals surface area contributed by atoms with Gasteiger partial charge in [0, 0.05) is 27.8 Å². The number of hydrogen-bond donors (Lipinski definition) is 1. The van der Waals surface area contributed by atoms with Crippen LogP contribution in [0.5, 0.6) is 0 Å². The summed E-state index contributed by atoms with van der Waals surface area (Å²) in [6.07, 6.45) is 1.62. The molecule has 3 aromatic rings. The lowest BCUT2D eigenvalue weighted by atomic mass is 10.1. The lowest BCUT2D eigenvalue weighted by molar-refractivity contribution is -0.112. The maximum Gasteiger partial charge on any atom is 0.266 e. The van der Waals surface area contributed by atoms with Crippen LogP contribution in [0, 0.1) is 32.1 Å². The second kappa shape index (κ2) is 8.16. The number of rotatable bonds is 4. The molecule has 0 aliphatic carbocycles. The van der Waals surface area contributed by atoms with Gasteiger partial charge in [-0.1, -0.05) is 35.9 Å². The molecule has 5 heteroatoms. The first-order chi connectivity index (χ1) is 13.4. The smallest absolute Gasteiger partial charge is 0.266 e. The minimum absolute atomic E-state index is 0.0324. The normalized spacial score (nSPS) is 11.2. The number of carbonyl (C=O) groups is 1. The zero-order valence-electron chi connectivity index (χ0n) is 16.0. The lowest BCUT2D eigenvalue weighted by Gasteiger charge is -2.09. The third kappa shape index (κ3) is 4.00. The highest BCUT2D eigenvalue weighted by Gasteiger charge is 2.14. The number of para-hydroxylation sites is 1. The average molecular weight is 390 g/mol. The molecule has 0 radical (unpaired) electrons. The van der Waals surface area contributed by atoms with E-state index < -0.39 is 5.91 Å². The number of aromatic nitrogens is 1. The zero-order chi connectivity index (χ0) is 20.3. The molecular weight excluding hydrogens is 370 g/mol. The first-order valence-corrected chi connectivity index (χ1v) is 9.22. The maximum atomic E-state index is 12.6. The Balaban J connectivity index is 1.91. The van der Waals surface area contributed by atoms with Gasteiger partial charge in [-0.3, -0.25) is 4.79 Å². The Kier molecular flexibility index (Phi) is 5.67. The Labute approximate surface area is 169 Å². The highest BCUT2D eigenvalue weighted by atomic mass is 35.5. The van der Waals surface area contributed by atoms with E-state index >= 15 is 0 Å². The van der Waals surface area contributed by atoms with Gasteiger partial charge in [-0.2, -0.15) is 5.26 Å². The summed E-state index contributed by atoms with van der Waals surface area (Å²) in [5, 5.41) is 12.8. The van der Waals surface area contributed by atoms with Crippen molar-refractivity contribution in [3.05, 3.63) is 87.7 Å². The summed E-state index contributed by atoms with van der Waals surface area (Å²) in [5.74, 6) is -0.466. The Hall–Kier alpha value is -3.29. The summed E-state index contributed by atoms with van der Waals surface area (Å²) in [5.41, 5.74) is 5.36. The van der Waals surface area contributed by atoms with Crippen LogP contribution in [0.15, 0.2) is 60.2 Å². The van der Waals surface area contributed by atoms with Gasteiger partial charge in [-0.15, -0.1) is 0 Å². The van der Waals surface area contributed by atoms with Gasteiger partial charge in [0.25, 0.3) is 5.91 Å². The summed E-state index contributed by atoms with van der Waals surface area (Å²) in [4.78, 5) is 12.6. The minimum Gasteiger partial charge on any atom is -0.321 e. The number of halogens is 1.